The van der Waals surface area contributed by atoms with Crippen molar-refractivity contribution in [2.75, 3.05) is 68.0 Å². The van der Waals surface area contributed by atoms with Gasteiger partial charge in [-0.25, -0.2) is 14.4 Å². The zero-order valence-corrected chi connectivity index (χ0v) is 35.9. The highest BCUT2D eigenvalue weighted by molar-refractivity contribution is 6.31. The van der Waals surface area contributed by atoms with Gasteiger partial charge in [0.15, 0.2) is 0 Å². The molecule has 1 aromatic heterocycles. The van der Waals surface area contributed by atoms with Gasteiger partial charge in [-0.05, 0) is 100 Å². The second-order valence-electron chi connectivity index (χ2n) is 17.0. The van der Waals surface area contributed by atoms with Crippen LogP contribution < -0.4 is 30.9 Å². The van der Waals surface area contributed by atoms with E-state index in [1.807, 2.05) is 12.1 Å². The second-order valence-corrected chi connectivity index (χ2v) is 17.4. The lowest BCUT2D eigenvalue weighted by molar-refractivity contribution is -0.136. The molecule has 4 aromatic rings. The monoisotopic (exact) mass is 893 g/mol. The summed E-state index contributed by atoms with van der Waals surface area (Å²) >= 11 is 6.02. The predicted molar refractivity (Wildman–Crippen MR) is 237 cm³/mol. The predicted octanol–water partition coefficient (Wildman–Crippen LogP) is 5.20. The van der Waals surface area contributed by atoms with Gasteiger partial charge in [0.05, 0.1) is 40.6 Å². The number of hydrogen-bond donors (Lipinski definition) is 4. The van der Waals surface area contributed by atoms with Crippen LogP contribution in [0.3, 0.4) is 0 Å². The van der Waals surface area contributed by atoms with Crippen LogP contribution in [0.2, 0.25) is 5.02 Å². The van der Waals surface area contributed by atoms with Crippen LogP contribution in [-0.4, -0.2) is 120 Å². The number of amides is 5. The van der Waals surface area contributed by atoms with Crippen molar-refractivity contribution in [3.8, 4) is 5.75 Å². The maximum absolute atomic E-state index is 13.8. The number of nitrogens with one attached hydrogen (secondary N) is 4. The molecule has 16 nitrogen and oxygen atoms in total. The molecule has 9 rings (SSSR count). The highest BCUT2D eigenvalue weighted by Gasteiger charge is 2.45. The lowest BCUT2D eigenvalue weighted by Crippen LogP contribution is -2.54. The molecule has 0 radical (unpaired) electrons. The van der Waals surface area contributed by atoms with Crippen molar-refractivity contribution in [2.24, 2.45) is 5.92 Å². The van der Waals surface area contributed by atoms with Gasteiger partial charge in [0.25, 0.3) is 11.8 Å². The highest BCUT2D eigenvalue weighted by atomic mass is 35.5. The first-order chi connectivity index (χ1) is 31.1. The summed E-state index contributed by atoms with van der Waals surface area (Å²) in [6.45, 7) is 5.98. The van der Waals surface area contributed by atoms with Crippen LogP contribution in [-0.2, 0) is 19.1 Å². The topological polar surface area (TPSA) is 187 Å². The van der Waals surface area contributed by atoms with E-state index in [0.29, 0.717) is 59.5 Å². The van der Waals surface area contributed by atoms with Crippen LogP contribution in [0.1, 0.15) is 65.7 Å². The number of imide groups is 2. The molecule has 0 bridgehead atoms. The smallest absolute Gasteiger partial charge is 0.262 e. The Labute approximate surface area is 373 Å². The maximum Gasteiger partial charge on any atom is 0.262 e. The standard InChI is InChI=1S/C46H49ClFN9O7/c47-35-19-28(5-8-36(35)48)52-43-34-21-38(40(22-37(34)50-26-51-43)64-31-13-18-63-25-31)53-41(58)4-2-14-55-16-11-27(12-17-55)23-49-29-3-1-15-56(24-29)30-6-7-32-33(20-30)46(62)57(45(32)61)39-9-10-42(59)54-44(39)60/h2,4-8,19-22,26-27,29,31,39,49H,1,3,9-18,23-25H2,(H,53,58)(H,50,51,52)(H,54,59,60)/b4-2+/t29-,31-,39?/m0/s1. The third-order valence-electron chi connectivity index (χ3n) is 12.6. The van der Waals surface area contributed by atoms with Crippen molar-refractivity contribution in [3.05, 3.63) is 89.0 Å². The fourth-order valence-electron chi connectivity index (χ4n) is 9.10. The third-order valence-corrected chi connectivity index (χ3v) is 12.9. The van der Waals surface area contributed by atoms with Crippen molar-refractivity contribution < 1.29 is 37.8 Å². The van der Waals surface area contributed by atoms with Crippen molar-refractivity contribution in [1.29, 1.82) is 0 Å². The van der Waals surface area contributed by atoms with Crippen LogP contribution in [0.25, 0.3) is 10.9 Å². The molecule has 0 spiro atoms. The van der Waals surface area contributed by atoms with Gasteiger partial charge < -0.3 is 30.3 Å². The Morgan fingerprint density at radius 2 is 1.81 bits per heavy atom. The summed E-state index contributed by atoms with van der Waals surface area (Å²) in [6.07, 6.45) is 9.66. The Bertz CT molecular complexity index is 2510. The zero-order valence-electron chi connectivity index (χ0n) is 35.1. The molecule has 5 aliphatic rings. The van der Waals surface area contributed by atoms with Gasteiger partial charge in [-0.3, -0.25) is 39.1 Å². The number of nitrogens with zero attached hydrogens (tertiary/aromatic N) is 5. The van der Waals surface area contributed by atoms with E-state index in [1.54, 1.807) is 36.4 Å². The average Bonchev–Trinajstić information content (AvgIpc) is 3.90. The second kappa shape index (κ2) is 19.0. The van der Waals surface area contributed by atoms with Gasteiger partial charge in [0.2, 0.25) is 17.7 Å². The highest BCUT2D eigenvalue weighted by Crippen LogP contribution is 2.36. The van der Waals surface area contributed by atoms with Crippen LogP contribution in [0.15, 0.2) is 67.0 Å². The number of fused-ring (bicyclic) bond motifs is 2. The number of likely N-dealkylation sites (tertiary alicyclic amines) is 1. The molecular weight excluding hydrogens is 845 g/mol. The molecule has 334 valence electrons. The van der Waals surface area contributed by atoms with Crippen molar-refractivity contribution >= 4 is 74.9 Å². The molecule has 4 N–H and O–H groups in total. The van der Waals surface area contributed by atoms with Crippen LogP contribution >= 0.6 is 11.6 Å². The SMILES string of the molecule is O=C(/C=C/CN1CCC(CN[C@H]2CCCN(c3ccc4c(c3)C(=O)N(C3CCC(=O)NC3=O)C4=O)C2)CC1)Nc1cc2c(Nc3ccc(F)c(Cl)c3)ncnc2cc1O[C@H]1CCOC1. The molecule has 3 aromatic carbocycles. The van der Waals surface area contributed by atoms with E-state index in [9.17, 15) is 28.4 Å². The molecule has 1 unspecified atom stereocenters. The molecule has 4 fully saturated rings. The normalized spacial score (nSPS) is 22.1. The summed E-state index contributed by atoms with van der Waals surface area (Å²) in [5.41, 5.74) is 3.01. The van der Waals surface area contributed by atoms with Crippen molar-refractivity contribution in [1.82, 2.24) is 30.4 Å². The lowest BCUT2D eigenvalue weighted by Gasteiger charge is -2.37. The molecule has 0 saturated carbocycles. The first kappa shape index (κ1) is 43.3. The van der Waals surface area contributed by atoms with Crippen LogP contribution in [0.5, 0.6) is 5.75 Å². The minimum Gasteiger partial charge on any atom is -0.486 e. The van der Waals surface area contributed by atoms with Gasteiger partial charge in [-0.1, -0.05) is 17.7 Å². The van der Waals surface area contributed by atoms with Crippen molar-refractivity contribution in [2.45, 2.75) is 63.1 Å². The number of ether oxygens (including phenoxy) is 2. The molecule has 5 aliphatic heterocycles. The number of aromatic nitrogens is 2. The van der Waals surface area contributed by atoms with E-state index < -0.39 is 35.5 Å². The summed E-state index contributed by atoms with van der Waals surface area (Å²) in [5.74, 6) is -1.43. The summed E-state index contributed by atoms with van der Waals surface area (Å²) in [5, 5.41) is 12.8. The maximum atomic E-state index is 13.8. The summed E-state index contributed by atoms with van der Waals surface area (Å²) in [7, 11) is 0. The van der Waals surface area contributed by atoms with Gasteiger partial charge in [-0.2, -0.15) is 0 Å². The van der Waals surface area contributed by atoms with E-state index in [4.69, 9.17) is 21.1 Å². The number of carbonyl (C=O) groups excluding carboxylic acids is 5. The fraction of sp³-hybridized carbons (Fsp3) is 0.413. The van der Waals surface area contributed by atoms with Gasteiger partial charge in [0, 0.05) is 67.4 Å². The first-order valence-corrected chi connectivity index (χ1v) is 22.2. The number of hydrogen-bond acceptors (Lipinski definition) is 13. The van der Waals surface area contributed by atoms with Crippen LogP contribution in [0, 0.1) is 11.7 Å². The minimum absolute atomic E-state index is 0.0252. The average molecular weight is 894 g/mol. The Balaban J connectivity index is 0.758. The summed E-state index contributed by atoms with van der Waals surface area (Å²) in [4.78, 5) is 78.5. The van der Waals surface area contributed by atoms with Crippen molar-refractivity contribution in [3.63, 3.8) is 0 Å². The molecule has 0 aliphatic carbocycles. The molecule has 18 heteroatoms. The quantitative estimate of drug-likeness (QED) is 0.102. The minimum atomic E-state index is -0.991. The van der Waals surface area contributed by atoms with E-state index in [2.05, 4.69) is 41.0 Å². The fourth-order valence-corrected chi connectivity index (χ4v) is 9.28. The Kier molecular flexibility index (Phi) is 12.8. The Hall–Kier alpha value is -6.01. The third kappa shape index (κ3) is 9.57. The number of halogens is 2. The molecule has 5 amide bonds. The lowest BCUT2D eigenvalue weighted by atomic mass is 9.95. The number of anilines is 4. The molecule has 3 atom stereocenters. The number of carbonyl (C=O) groups is 5. The van der Waals surface area contributed by atoms with Gasteiger partial charge in [0.1, 0.15) is 35.9 Å². The Morgan fingerprint density at radius 3 is 2.61 bits per heavy atom. The first-order valence-electron chi connectivity index (χ1n) is 21.9. The van der Waals surface area contributed by atoms with E-state index in [0.717, 1.165) is 75.4 Å². The molecule has 64 heavy (non-hydrogen) atoms. The van der Waals surface area contributed by atoms with Gasteiger partial charge >= 0.3 is 0 Å². The molecule has 4 saturated heterocycles. The summed E-state index contributed by atoms with van der Waals surface area (Å²) in [6, 6.07) is 12.4. The molecular formula is C46H49ClFN9O7. The largest absolute Gasteiger partial charge is 0.486 e. The zero-order chi connectivity index (χ0) is 44.3. The molecule has 6 heterocycles. The number of benzene rings is 3. The van der Waals surface area contributed by atoms with Gasteiger partial charge in [-0.15, -0.1) is 0 Å². The van der Waals surface area contributed by atoms with E-state index >= 15 is 0 Å². The summed E-state index contributed by atoms with van der Waals surface area (Å²) < 4.78 is 25.6. The van der Waals surface area contributed by atoms with E-state index in [-0.39, 0.29) is 47.0 Å². The Morgan fingerprint density at radius 1 is 0.969 bits per heavy atom. The number of piperidine rings is 3. The number of rotatable bonds is 13. The van der Waals surface area contributed by atoms with E-state index in [1.165, 1.54) is 18.5 Å². The van der Waals surface area contributed by atoms with Crippen LogP contribution in [0.4, 0.5) is 27.3 Å².